The largest absolute Gasteiger partial charge is 0.342 e. The van der Waals surface area contributed by atoms with Gasteiger partial charge in [0.1, 0.15) is 0 Å². The van der Waals surface area contributed by atoms with Crippen LogP contribution in [0.4, 0.5) is 0 Å². The van der Waals surface area contributed by atoms with E-state index in [-0.39, 0.29) is 17.6 Å². The lowest BCUT2D eigenvalue weighted by Gasteiger charge is -2.32. The first-order valence-corrected chi connectivity index (χ1v) is 11.9. The maximum Gasteiger partial charge on any atom is 0.326 e. The molecule has 164 valence electrons. The third kappa shape index (κ3) is 4.08. The van der Waals surface area contributed by atoms with Crippen LogP contribution in [-0.2, 0) is 4.79 Å². The second-order valence-electron chi connectivity index (χ2n) is 7.78. The molecule has 1 aliphatic heterocycles. The molecule has 4 aromatic rings. The van der Waals surface area contributed by atoms with Gasteiger partial charge in [-0.1, -0.05) is 41.6 Å². The van der Waals surface area contributed by atoms with Gasteiger partial charge in [-0.25, -0.2) is 9.78 Å². The van der Waals surface area contributed by atoms with E-state index in [2.05, 4.69) is 9.97 Å². The van der Waals surface area contributed by atoms with E-state index in [0.29, 0.717) is 23.9 Å². The monoisotopic (exact) mass is 467 g/mol. The normalized spacial score (nSPS) is 14.8. The highest BCUT2D eigenvalue weighted by Crippen LogP contribution is 2.27. The minimum Gasteiger partial charge on any atom is -0.342 e. The van der Waals surface area contributed by atoms with Crippen LogP contribution >= 0.6 is 23.4 Å². The number of rotatable bonds is 5. The van der Waals surface area contributed by atoms with Crippen molar-refractivity contribution in [3.8, 4) is 5.69 Å². The summed E-state index contributed by atoms with van der Waals surface area (Å²) >= 11 is 7.53. The molecule has 0 aliphatic carbocycles. The first kappa shape index (κ1) is 20.9. The lowest BCUT2D eigenvalue weighted by Crippen LogP contribution is -2.41. The number of imidazole rings is 2. The average Bonchev–Trinajstić information content (AvgIpc) is 3.41. The Kier molecular flexibility index (Phi) is 5.80. The number of hydrogen-bond acceptors (Lipinski definition) is 4. The van der Waals surface area contributed by atoms with Crippen LogP contribution in [0, 0.1) is 0 Å². The van der Waals surface area contributed by atoms with Crippen molar-refractivity contribution in [2.45, 2.75) is 24.0 Å². The number of carbonyl (C=O) groups excluding carboxylic acids is 1. The van der Waals surface area contributed by atoms with Gasteiger partial charge in [0.25, 0.3) is 0 Å². The number of aromatic nitrogens is 4. The smallest absolute Gasteiger partial charge is 0.326 e. The Labute approximate surface area is 194 Å². The summed E-state index contributed by atoms with van der Waals surface area (Å²) in [5, 5.41) is 1.40. The van der Waals surface area contributed by atoms with Crippen LogP contribution < -0.4 is 5.69 Å². The molecule has 1 aliphatic rings. The van der Waals surface area contributed by atoms with Crippen molar-refractivity contribution in [1.82, 2.24) is 24.0 Å². The van der Waals surface area contributed by atoms with Crippen molar-refractivity contribution in [2.75, 3.05) is 18.8 Å². The number of benzene rings is 2. The van der Waals surface area contributed by atoms with Gasteiger partial charge in [0.2, 0.25) is 5.91 Å². The van der Waals surface area contributed by atoms with Crippen molar-refractivity contribution in [2.24, 2.45) is 0 Å². The van der Waals surface area contributed by atoms with Crippen LogP contribution in [0.2, 0.25) is 5.02 Å². The number of para-hydroxylation sites is 2. The van der Waals surface area contributed by atoms with E-state index in [4.69, 9.17) is 11.6 Å². The molecule has 0 bridgehead atoms. The molecule has 7 nitrogen and oxygen atoms in total. The SMILES string of the molecule is O=C(CSc1nccn1-c1cccc(Cl)c1)N1CCC(n2c(=O)[nH]c3ccccc32)CC1. The van der Waals surface area contributed by atoms with Crippen molar-refractivity contribution in [3.05, 3.63) is 76.4 Å². The van der Waals surface area contributed by atoms with Crippen molar-refractivity contribution in [1.29, 1.82) is 0 Å². The molecule has 0 unspecified atom stereocenters. The number of aromatic amines is 1. The first-order chi connectivity index (χ1) is 15.6. The molecule has 0 atom stereocenters. The predicted molar refractivity (Wildman–Crippen MR) is 127 cm³/mol. The molecular weight excluding hydrogens is 446 g/mol. The average molecular weight is 468 g/mol. The van der Waals surface area contributed by atoms with Crippen molar-refractivity contribution < 1.29 is 4.79 Å². The minimum absolute atomic E-state index is 0.0837. The van der Waals surface area contributed by atoms with Gasteiger partial charge < -0.3 is 9.88 Å². The molecule has 0 saturated carbocycles. The zero-order valence-electron chi connectivity index (χ0n) is 17.3. The van der Waals surface area contributed by atoms with Gasteiger partial charge >= 0.3 is 5.69 Å². The molecule has 1 N–H and O–H groups in total. The number of amides is 1. The fourth-order valence-electron chi connectivity index (χ4n) is 4.25. The summed E-state index contributed by atoms with van der Waals surface area (Å²) in [6, 6.07) is 15.4. The Morgan fingerprint density at radius 2 is 1.97 bits per heavy atom. The molecule has 9 heteroatoms. The van der Waals surface area contributed by atoms with Crippen LogP contribution in [0.1, 0.15) is 18.9 Å². The van der Waals surface area contributed by atoms with E-state index < -0.39 is 0 Å². The van der Waals surface area contributed by atoms with Crippen molar-refractivity contribution >= 4 is 40.3 Å². The van der Waals surface area contributed by atoms with E-state index in [0.717, 1.165) is 34.7 Å². The highest BCUT2D eigenvalue weighted by molar-refractivity contribution is 7.99. The lowest BCUT2D eigenvalue weighted by atomic mass is 10.0. The fourth-order valence-corrected chi connectivity index (χ4v) is 5.31. The van der Waals surface area contributed by atoms with Gasteiger partial charge in [-0.15, -0.1) is 0 Å². The fraction of sp³-hybridized carbons (Fsp3) is 0.261. The predicted octanol–water partition coefficient (Wildman–Crippen LogP) is 4.12. The molecular formula is C23H22ClN5O2S. The molecule has 1 saturated heterocycles. The zero-order chi connectivity index (χ0) is 22.1. The van der Waals surface area contributed by atoms with Gasteiger partial charge in [0.15, 0.2) is 5.16 Å². The Morgan fingerprint density at radius 1 is 1.16 bits per heavy atom. The van der Waals surface area contributed by atoms with Gasteiger partial charge in [-0.2, -0.15) is 0 Å². The summed E-state index contributed by atoms with van der Waals surface area (Å²) in [5.41, 5.74) is 2.60. The number of nitrogens with one attached hydrogen (secondary N) is 1. The Bertz CT molecular complexity index is 1320. The quantitative estimate of drug-likeness (QED) is 0.448. The highest BCUT2D eigenvalue weighted by atomic mass is 35.5. The Hall–Kier alpha value is -2.97. The van der Waals surface area contributed by atoms with Crippen LogP contribution in [-0.4, -0.2) is 48.8 Å². The molecule has 5 rings (SSSR count). The van der Waals surface area contributed by atoms with E-state index in [1.54, 1.807) is 6.20 Å². The molecule has 1 fully saturated rings. The van der Waals surface area contributed by atoms with E-state index in [1.807, 2.05) is 68.8 Å². The highest BCUT2D eigenvalue weighted by Gasteiger charge is 2.26. The maximum absolute atomic E-state index is 12.8. The number of fused-ring (bicyclic) bond motifs is 1. The third-order valence-corrected chi connectivity index (χ3v) is 7.01. The summed E-state index contributed by atoms with van der Waals surface area (Å²) in [6.45, 7) is 1.28. The third-order valence-electron chi connectivity index (χ3n) is 5.82. The standard InChI is InChI=1S/C23H22ClN5O2S/c24-16-4-3-5-18(14-16)28-13-10-25-23(28)32-15-21(30)27-11-8-17(9-12-27)29-20-7-2-1-6-19(20)26-22(29)31/h1-7,10,13-14,17H,8-9,11-12,15H2,(H,26,31). The van der Waals surface area contributed by atoms with Crippen LogP contribution in [0.3, 0.4) is 0 Å². The number of thioether (sulfide) groups is 1. The van der Waals surface area contributed by atoms with E-state index in [1.165, 1.54) is 11.8 Å². The Morgan fingerprint density at radius 3 is 2.78 bits per heavy atom. The lowest BCUT2D eigenvalue weighted by molar-refractivity contribution is -0.129. The van der Waals surface area contributed by atoms with Gasteiger partial charge in [-0.05, 0) is 43.2 Å². The maximum atomic E-state index is 12.8. The molecule has 32 heavy (non-hydrogen) atoms. The molecule has 3 heterocycles. The number of H-pyrrole nitrogens is 1. The molecule has 2 aromatic carbocycles. The van der Waals surface area contributed by atoms with Crippen molar-refractivity contribution in [3.63, 3.8) is 0 Å². The van der Waals surface area contributed by atoms with Gasteiger partial charge in [-0.3, -0.25) is 13.9 Å². The number of carbonyl (C=O) groups is 1. The summed E-state index contributed by atoms with van der Waals surface area (Å²) in [6.07, 6.45) is 5.10. The zero-order valence-corrected chi connectivity index (χ0v) is 18.9. The van der Waals surface area contributed by atoms with E-state index >= 15 is 0 Å². The first-order valence-electron chi connectivity index (χ1n) is 10.5. The van der Waals surface area contributed by atoms with Crippen LogP contribution in [0.25, 0.3) is 16.7 Å². The number of piperidine rings is 1. The number of likely N-dealkylation sites (tertiary alicyclic amines) is 1. The van der Waals surface area contributed by atoms with E-state index in [9.17, 15) is 9.59 Å². The summed E-state index contributed by atoms with van der Waals surface area (Å²) in [5.74, 6) is 0.398. The second-order valence-corrected chi connectivity index (χ2v) is 9.16. The number of halogens is 1. The molecule has 1 amide bonds. The van der Waals surface area contributed by atoms with Gasteiger partial charge in [0.05, 0.1) is 16.8 Å². The van der Waals surface area contributed by atoms with Crippen LogP contribution in [0.15, 0.2) is 70.9 Å². The molecule has 2 aromatic heterocycles. The number of nitrogens with zero attached hydrogens (tertiary/aromatic N) is 4. The summed E-state index contributed by atoms with van der Waals surface area (Å²) in [4.78, 5) is 34.5. The Balaban J connectivity index is 1.21. The van der Waals surface area contributed by atoms with Gasteiger partial charge in [0, 0.05) is 42.2 Å². The topological polar surface area (TPSA) is 75.9 Å². The summed E-state index contributed by atoms with van der Waals surface area (Å²) < 4.78 is 3.77. The second kappa shape index (κ2) is 8.88. The van der Waals surface area contributed by atoms with Crippen LogP contribution in [0.5, 0.6) is 0 Å². The molecule has 0 spiro atoms. The number of hydrogen-bond donors (Lipinski definition) is 1. The summed E-state index contributed by atoms with van der Waals surface area (Å²) in [7, 11) is 0. The minimum atomic E-state index is -0.0839. The molecule has 0 radical (unpaired) electrons.